The highest BCUT2D eigenvalue weighted by atomic mass is 19.2. The lowest BCUT2D eigenvalue weighted by molar-refractivity contribution is -0.131. The monoisotopic (exact) mass is 690 g/mol. The number of amides is 3. The molecule has 0 aliphatic heterocycles. The van der Waals surface area contributed by atoms with Crippen molar-refractivity contribution >= 4 is 49.3 Å². The fraction of sp³-hybridized carbons (Fsp3) is 0.290. The van der Waals surface area contributed by atoms with E-state index in [1.165, 1.54) is 31.3 Å². The van der Waals surface area contributed by atoms with Crippen molar-refractivity contribution in [1.82, 2.24) is 20.9 Å². The van der Waals surface area contributed by atoms with Gasteiger partial charge in [-0.1, -0.05) is 36.4 Å². The van der Waals surface area contributed by atoms with Crippen LogP contribution in [0.25, 0.3) is 0 Å². The number of rotatable bonds is 17. The molecule has 0 radical (unpaired) electrons. The molecule has 18 heteroatoms. The average Bonchev–Trinajstić information content (AvgIpc) is 3.07. The van der Waals surface area contributed by atoms with Crippen molar-refractivity contribution in [2.75, 3.05) is 20.1 Å². The van der Waals surface area contributed by atoms with Crippen LogP contribution in [0.3, 0.4) is 0 Å². The van der Waals surface area contributed by atoms with Gasteiger partial charge in [-0.25, -0.2) is 17.6 Å². The first-order chi connectivity index (χ1) is 23.3. The third kappa shape index (κ3) is 10.4. The van der Waals surface area contributed by atoms with E-state index in [-0.39, 0.29) is 31.5 Å². The largest absolute Gasteiger partial charge is 0.491 e. The molecule has 0 heterocycles. The topological polar surface area (TPSA) is 168 Å². The predicted molar refractivity (Wildman–Crippen MR) is 170 cm³/mol. The Morgan fingerprint density at radius 1 is 0.837 bits per heavy atom. The molecule has 0 unspecified atom stereocenters. The third-order valence-corrected chi connectivity index (χ3v) is 7.53. The molecule has 0 bridgehead atoms. The molecule has 3 aromatic rings. The first kappa shape index (κ1) is 38.8. The van der Waals surface area contributed by atoms with Gasteiger partial charge in [-0.05, 0) is 55.0 Å². The minimum absolute atomic E-state index is 0.121. The quantitative estimate of drug-likeness (QED) is 0.0492. The van der Waals surface area contributed by atoms with Gasteiger partial charge in [0.2, 0.25) is 5.91 Å². The fourth-order valence-corrected chi connectivity index (χ4v) is 4.75. The molecule has 6 N–H and O–H groups in total. The molecule has 0 aliphatic carbocycles. The Balaban J connectivity index is 1.70. The zero-order valence-corrected chi connectivity index (χ0v) is 26.2. The summed E-state index contributed by atoms with van der Waals surface area (Å²) < 4.78 is 70.5. The van der Waals surface area contributed by atoms with E-state index in [4.69, 9.17) is 10.0 Å². The lowest BCUT2D eigenvalue weighted by atomic mass is 9.79. The normalized spacial score (nSPS) is 11.4. The minimum atomic E-state index is -2.28. The number of unbranched alkanes of at least 4 members (excludes halogenated alkanes) is 1. The standard InChI is InChI=1S/C31H33B2F5N4O7/c1-39-23(29(38)44)4-2-3-13-40-24(43)16-42(31(46)20-9-11-21(32-47)27(36)26(20)35)15-18-7-5-17(6-8-18)14-41-30(45)19-10-12-22(33(48)49)28(37)25(19)34/h5-12,23,32,39,47-49H,2-4,13-16H2,1H3,(H,40,43)(H,41,45)/t23-/m0/s1. The van der Waals surface area contributed by atoms with Crippen LogP contribution in [0.5, 0.6) is 0 Å². The summed E-state index contributed by atoms with van der Waals surface area (Å²) in [6.45, 7) is -0.851. The predicted octanol–water partition coefficient (Wildman–Crippen LogP) is -0.165. The fourth-order valence-electron chi connectivity index (χ4n) is 4.75. The van der Waals surface area contributed by atoms with Gasteiger partial charge in [0.15, 0.2) is 23.3 Å². The number of halogens is 5. The summed E-state index contributed by atoms with van der Waals surface area (Å²) >= 11 is 0. The van der Waals surface area contributed by atoms with Crippen LogP contribution in [-0.4, -0.2) is 84.5 Å². The molecule has 3 amide bonds. The number of nitrogens with zero attached hydrogens (tertiary/aromatic N) is 1. The lowest BCUT2D eigenvalue weighted by Gasteiger charge is -2.23. The maximum atomic E-state index is 14.8. The summed E-state index contributed by atoms with van der Waals surface area (Å²) in [6, 6.07) is 7.41. The molecule has 0 aliphatic rings. The Morgan fingerprint density at radius 3 is 2.08 bits per heavy atom. The molecule has 260 valence electrons. The summed E-state index contributed by atoms with van der Waals surface area (Å²) in [5, 5.41) is 34.9. The van der Waals surface area contributed by atoms with Crippen LogP contribution >= 0.6 is 0 Å². The van der Waals surface area contributed by atoms with Crippen molar-refractivity contribution < 1.29 is 56.2 Å². The molecule has 0 aromatic heterocycles. The number of likely N-dealkylation sites (N-methyl/N-ethyl adjacent to an activating group) is 1. The van der Waals surface area contributed by atoms with E-state index >= 15 is 0 Å². The second-order valence-electron chi connectivity index (χ2n) is 10.9. The number of nitrogens with one attached hydrogen (secondary N) is 3. The van der Waals surface area contributed by atoms with Gasteiger partial charge < -0.3 is 35.9 Å². The van der Waals surface area contributed by atoms with Crippen molar-refractivity contribution in [3.63, 3.8) is 0 Å². The molecule has 1 atom stereocenters. The molecule has 0 saturated carbocycles. The van der Waals surface area contributed by atoms with Crippen LogP contribution in [0.2, 0.25) is 0 Å². The Morgan fingerprint density at radius 2 is 1.47 bits per heavy atom. The van der Waals surface area contributed by atoms with Gasteiger partial charge in [0.25, 0.3) is 11.8 Å². The van der Waals surface area contributed by atoms with Crippen LogP contribution in [0.15, 0.2) is 48.5 Å². The van der Waals surface area contributed by atoms with Gasteiger partial charge in [0, 0.05) is 25.1 Å². The van der Waals surface area contributed by atoms with E-state index in [1.54, 1.807) is 0 Å². The van der Waals surface area contributed by atoms with Crippen LogP contribution in [-0.2, 0) is 22.7 Å². The van der Waals surface area contributed by atoms with Crippen LogP contribution in [0, 0.1) is 23.3 Å². The molecular weight excluding hydrogens is 657 g/mol. The van der Waals surface area contributed by atoms with E-state index in [0.717, 1.165) is 29.2 Å². The van der Waals surface area contributed by atoms with Crippen molar-refractivity contribution in [1.29, 1.82) is 0 Å². The van der Waals surface area contributed by atoms with Crippen LogP contribution in [0.4, 0.5) is 22.0 Å². The summed E-state index contributed by atoms with van der Waals surface area (Å²) in [5.41, 5.74) is -1.54. The van der Waals surface area contributed by atoms with Crippen molar-refractivity contribution in [3.05, 3.63) is 94.1 Å². The Kier molecular flexibility index (Phi) is 14.4. The summed E-state index contributed by atoms with van der Waals surface area (Å²) in [5.74, 6) is -8.72. The van der Waals surface area contributed by atoms with Crippen molar-refractivity contribution in [3.8, 4) is 0 Å². The number of benzene rings is 3. The smallest absolute Gasteiger partial charge is 0.449 e. The van der Waals surface area contributed by atoms with Gasteiger partial charge in [0.05, 0.1) is 17.2 Å². The lowest BCUT2D eigenvalue weighted by Crippen LogP contribution is -2.41. The Hall–Kier alpha value is -4.64. The zero-order chi connectivity index (χ0) is 36.2. The highest BCUT2D eigenvalue weighted by Crippen LogP contribution is 2.17. The molecule has 49 heavy (non-hydrogen) atoms. The van der Waals surface area contributed by atoms with Crippen LogP contribution in [0.1, 0.15) is 51.1 Å². The average molecular weight is 690 g/mol. The van der Waals surface area contributed by atoms with E-state index in [9.17, 15) is 46.2 Å². The number of hydrogen-bond donors (Lipinski definition) is 6. The minimum Gasteiger partial charge on any atom is -0.449 e. The van der Waals surface area contributed by atoms with Crippen molar-refractivity contribution in [2.24, 2.45) is 0 Å². The number of carbonyl (C=O) groups excluding carboxylic acids is 4. The highest BCUT2D eigenvalue weighted by molar-refractivity contribution is 6.58. The first-order valence-corrected chi connectivity index (χ1v) is 15.0. The molecular formula is C31H33B2F5N4O7. The molecule has 3 aromatic carbocycles. The molecule has 0 saturated heterocycles. The second-order valence-corrected chi connectivity index (χ2v) is 10.9. The van der Waals surface area contributed by atoms with E-state index < -0.39 is 90.8 Å². The number of hydrogen-bond acceptors (Lipinski definition) is 8. The first-order valence-electron chi connectivity index (χ1n) is 15.0. The third-order valence-electron chi connectivity index (χ3n) is 7.53. The molecule has 0 spiro atoms. The Bertz CT molecular complexity index is 1670. The van der Waals surface area contributed by atoms with Gasteiger partial charge >= 0.3 is 20.6 Å². The van der Waals surface area contributed by atoms with E-state index in [1.807, 2.05) is 0 Å². The molecule has 3 rings (SSSR count). The van der Waals surface area contributed by atoms with Crippen LogP contribution < -0.4 is 26.9 Å². The summed E-state index contributed by atoms with van der Waals surface area (Å²) in [7, 11) is -1.65. The number of carbonyl (C=O) groups is 4. The zero-order valence-electron chi connectivity index (χ0n) is 26.2. The van der Waals surface area contributed by atoms with Gasteiger partial charge in [0.1, 0.15) is 6.54 Å². The van der Waals surface area contributed by atoms with Gasteiger partial charge in [-0.15, -0.1) is 0 Å². The maximum absolute atomic E-state index is 14.8. The Labute approximate surface area is 278 Å². The van der Waals surface area contributed by atoms with E-state index in [0.29, 0.717) is 24.0 Å². The summed E-state index contributed by atoms with van der Waals surface area (Å²) in [4.78, 5) is 50.4. The van der Waals surface area contributed by atoms with Gasteiger partial charge in [-0.2, -0.15) is 4.39 Å². The molecule has 0 fully saturated rings. The van der Waals surface area contributed by atoms with E-state index in [2.05, 4.69) is 16.0 Å². The van der Waals surface area contributed by atoms with Crippen molar-refractivity contribution in [2.45, 2.75) is 38.4 Å². The highest BCUT2D eigenvalue weighted by Gasteiger charge is 2.26. The molecule has 11 nitrogen and oxygen atoms in total. The second kappa shape index (κ2) is 18.2. The summed E-state index contributed by atoms with van der Waals surface area (Å²) in [6.07, 6.45) is 0.966. The maximum Gasteiger partial charge on any atom is 0.491 e. The van der Waals surface area contributed by atoms with Gasteiger partial charge in [-0.3, -0.25) is 19.2 Å². The SMILES string of the molecule is CN[C@@H](CCCCNC(=O)CN(Cc1ccc(CNC(=O)c2ccc(B(O)O)c(F)c2F)cc1)C(=O)c1ccc(BO)c(F)c1F)C(=O)F.